The van der Waals surface area contributed by atoms with Gasteiger partial charge < -0.3 is 0 Å². The molecule has 1 N–H and O–H groups in total. The quantitative estimate of drug-likeness (QED) is 0.253. The van der Waals surface area contributed by atoms with E-state index < -0.39 is 23.6 Å². The highest BCUT2D eigenvalue weighted by atomic mass is 35.5. The van der Waals surface area contributed by atoms with Crippen LogP contribution in [-0.4, -0.2) is 37.9 Å². The molecule has 0 atom stereocenters. The minimum atomic E-state index is -4.59. The number of pyridine rings is 1. The molecule has 168 valence electrons. The molecule has 0 spiro atoms. The summed E-state index contributed by atoms with van der Waals surface area (Å²) in [5, 5.41) is 2.86. The highest BCUT2D eigenvalue weighted by Crippen LogP contribution is 2.34. The zero-order valence-corrected chi connectivity index (χ0v) is 18.3. The van der Waals surface area contributed by atoms with Gasteiger partial charge >= 0.3 is 6.18 Å². The number of benzene rings is 1. The Kier molecular flexibility index (Phi) is 5.81. The minimum Gasteiger partial charge on any atom is -0.299 e. The maximum atomic E-state index is 13.0. The molecule has 11 heteroatoms. The van der Waals surface area contributed by atoms with E-state index in [9.17, 15) is 22.8 Å². The first-order valence-electron chi connectivity index (χ1n) is 9.44. The molecule has 0 aliphatic carbocycles. The fourth-order valence-corrected chi connectivity index (χ4v) is 3.91. The molecule has 1 fully saturated rings. The van der Waals surface area contributed by atoms with Gasteiger partial charge in [-0.05, 0) is 30.4 Å². The number of alkyl halides is 3. The number of hydrogen-bond acceptors (Lipinski definition) is 4. The van der Waals surface area contributed by atoms with E-state index in [1.165, 1.54) is 21.6 Å². The Balaban J connectivity index is 1.85. The van der Waals surface area contributed by atoms with E-state index in [2.05, 4.69) is 16.9 Å². The van der Waals surface area contributed by atoms with Gasteiger partial charge in [-0.25, -0.2) is 4.98 Å². The molecule has 0 bridgehead atoms. The van der Waals surface area contributed by atoms with Gasteiger partial charge in [0.15, 0.2) is 10.9 Å². The largest absolute Gasteiger partial charge is 0.417 e. The number of rotatable bonds is 4. The van der Waals surface area contributed by atoms with Crippen LogP contribution < -0.4 is 5.32 Å². The van der Waals surface area contributed by atoms with Gasteiger partial charge in [0.05, 0.1) is 16.1 Å². The summed E-state index contributed by atoms with van der Waals surface area (Å²) >= 11 is 11.2. The molecule has 0 unspecified atom stereocenters. The highest BCUT2D eigenvalue weighted by molar-refractivity contribution is 7.80. The maximum absolute atomic E-state index is 13.0. The monoisotopic (exact) mass is 490 g/mol. The Hall–Kier alpha value is -3.50. The van der Waals surface area contributed by atoms with Gasteiger partial charge in [0.1, 0.15) is 5.57 Å². The summed E-state index contributed by atoms with van der Waals surface area (Å²) in [4.78, 5) is 30.4. The molecule has 4 rings (SSSR count). The lowest BCUT2D eigenvalue weighted by molar-refractivity contribution is -0.138. The molecule has 1 aliphatic heterocycles. The number of carbonyl (C=O) groups is 2. The number of hydrogen-bond donors (Lipinski definition) is 1. The summed E-state index contributed by atoms with van der Waals surface area (Å²) in [6, 6.07) is 7.74. The zero-order valence-electron chi connectivity index (χ0n) is 16.7. The fraction of sp³-hybridized carbons (Fsp3) is 0.0909. The van der Waals surface area contributed by atoms with Gasteiger partial charge in [-0.1, -0.05) is 35.9 Å². The van der Waals surface area contributed by atoms with Crippen molar-refractivity contribution in [3.8, 4) is 5.82 Å². The van der Waals surface area contributed by atoms with Crippen molar-refractivity contribution in [2.24, 2.45) is 0 Å². The summed E-state index contributed by atoms with van der Waals surface area (Å²) in [5.41, 5.74) is -0.0912. The standard InChI is InChI=1S/C22H14ClF3N4O2S/c1-2-7-29-20(32)15(19(31)28-21(29)33)8-12-11-30(17-6-4-3-5-14(12)17)18-16(23)9-13(10-27-18)22(24,25)26/h2-6,8-11H,1,7H2,(H,28,31,33)/b15-8+. The van der Waals surface area contributed by atoms with Crippen LogP contribution in [0.1, 0.15) is 11.1 Å². The van der Waals surface area contributed by atoms with Crippen molar-refractivity contribution in [2.45, 2.75) is 6.18 Å². The van der Waals surface area contributed by atoms with Gasteiger partial charge in [0.2, 0.25) is 0 Å². The van der Waals surface area contributed by atoms with Crippen LogP contribution in [0.3, 0.4) is 0 Å². The van der Waals surface area contributed by atoms with Gasteiger partial charge in [-0.15, -0.1) is 6.58 Å². The molecule has 3 aromatic rings. The number of nitrogens with zero attached hydrogens (tertiary/aromatic N) is 3. The molecule has 2 aromatic heterocycles. The summed E-state index contributed by atoms with van der Waals surface area (Å²) in [6.07, 6.45) is 0.525. The second-order valence-corrected chi connectivity index (χ2v) is 7.81. The summed E-state index contributed by atoms with van der Waals surface area (Å²) in [7, 11) is 0. The third-order valence-corrected chi connectivity index (χ3v) is 5.52. The molecular weight excluding hydrogens is 477 g/mol. The molecule has 2 amide bonds. The van der Waals surface area contributed by atoms with Crippen molar-refractivity contribution in [1.29, 1.82) is 0 Å². The second kappa shape index (κ2) is 8.45. The molecule has 0 radical (unpaired) electrons. The normalized spacial score (nSPS) is 15.9. The van der Waals surface area contributed by atoms with Crippen LogP contribution in [0.25, 0.3) is 22.8 Å². The first-order valence-corrected chi connectivity index (χ1v) is 10.2. The van der Waals surface area contributed by atoms with Gasteiger partial charge in [0, 0.05) is 29.9 Å². The number of halogens is 4. The lowest BCUT2D eigenvalue weighted by Crippen LogP contribution is -2.53. The number of thiocarbonyl (C=S) groups is 1. The van der Waals surface area contributed by atoms with E-state index in [0.717, 1.165) is 6.07 Å². The van der Waals surface area contributed by atoms with Crippen molar-refractivity contribution in [1.82, 2.24) is 19.8 Å². The SMILES string of the molecule is C=CCN1C(=O)/C(=C/c2cn(-c3ncc(C(F)(F)F)cc3Cl)c3ccccc23)C(=O)NC1=S. The van der Waals surface area contributed by atoms with Crippen LogP contribution in [0.15, 0.2) is 61.0 Å². The van der Waals surface area contributed by atoms with E-state index in [0.29, 0.717) is 22.7 Å². The molecule has 1 saturated heterocycles. The topological polar surface area (TPSA) is 67.2 Å². The number of carbonyl (C=O) groups excluding carboxylic acids is 2. The predicted molar refractivity (Wildman–Crippen MR) is 122 cm³/mol. The van der Waals surface area contributed by atoms with Crippen LogP contribution in [0.4, 0.5) is 13.2 Å². The Morgan fingerprint density at radius 1 is 1.24 bits per heavy atom. The smallest absolute Gasteiger partial charge is 0.299 e. The highest BCUT2D eigenvalue weighted by Gasteiger charge is 2.33. The first-order chi connectivity index (χ1) is 15.6. The van der Waals surface area contributed by atoms with E-state index >= 15 is 0 Å². The van der Waals surface area contributed by atoms with Crippen molar-refractivity contribution in [2.75, 3.05) is 6.54 Å². The van der Waals surface area contributed by atoms with Crippen LogP contribution in [0, 0.1) is 0 Å². The number of fused-ring (bicyclic) bond motifs is 1. The van der Waals surface area contributed by atoms with Crippen molar-refractivity contribution in [3.63, 3.8) is 0 Å². The van der Waals surface area contributed by atoms with Crippen LogP contribution >= 0.6 is 23.8 Å². The average molecular weight is 491 g/mol. The summed E-state index contributed by atoms with van der Waals surface area (Å²) in [5.74, 6) is -1.18. The molecule has 0 saturated carbocycles. The lowest BCUT2D eigenvalue weighted by Gasteiger charge is -2.27. The minimum absolute atomic E-state index is 0.0229. The Morgan fingerprint density at radius 2 is 1.97 bits per heavy atom. The van der Waals surface area contributed by atoms with Crippen LogP contribution in [-0.2, 0) is 15.8 Å². The summed E-state index contributed by atoms with van der Waals surface area (Å²) in [6.45, 7) is 3.69. The molecule has 6 nitrogen and oxygen atoms in total. The molecule has 3 heterocycles. The third-order valence-electron chi connectivity index (χ3n) is 4.92. The zero-order chi connectivity index (χ0) is 23.9. The Morgan fingerprint density at radius 3 is 2.64 bits per heavy atom. The third kappa shape index (κ3) is 4.14. The van der Waals surface area contributed by atoms with Crippen molar-refractivity contribution in [3.05, 3.63) is 77.1 Å². The Bertz CT molecular complexity index is 1360. The molecule has 1 aromatic carbocycles. The lowest BCUT2D eigenvalue weighted by atomic mass is 10.1. The number of aromatic nitrogens is 2. The van der Waals surface area contributed by atoms with E-state index in [-0.39, 0.29) is 28.1 Å². The van der Waals surface area contributed by atoms with Crippen molar-refractivity contribution < 1.29 is 22.8 Å². The number of nitrogens with one attached hydrogen (secondary N) is 1. The summed E-state index contributed by atoms with van der Waals surface area (Å²) < 4.78 is 40.5. The maximum Gasteiger partial charge on any atom is 0.417 e. The fourth-order valence-electron chi connectivity index (χ4n) is 3.40. The average Bonchev–Trinajstić information content (AvgIpc) is 3.12. The number of amides is 2. The van der Waals surface area contributed by atoms with E-state index in [1.54, 1.807) is 30.5 Å². The molecule has 1 aliphatic rings. The van der Waals surface area contributed by atoms with Crippen LogP contribution in [0.2, 0.25) is 5.02 Å². The second-order valence-electron chi connectivity index (χ2n) is 7.02. The molecular formula is C22H14ClF3N4O2S. The van der Waals surface area contributed by atoms with Gasteiger partial charge in [-0.3, -0.25) is 24.4 Å². The van der Waals surface area contributed by atoms with Crippen LogP contribution in [0.5, 0.6) is 0 Å². The predicted octanol–water partition coefficient (Wildman–Crippen LogP) is 4.51. The van der Waals surface area contributed by atoms with E-state index in [4.69, 9.17) is 23.8 Å². The van der Waals surface area contributed by atoms with Crippen molar-refractivity contribution >= 4 is 57.7 Å². The van der Waals surface area contributed by atoms with E-state index in [1.807, 2.05) is 0 Å². The Labute approximate surface area is 195 Å². The first kappa shape index (κ1) is 22.7. The van der Waals surface area contributed by atoms with Gasteiger partial charge in [-0.2, -0.15) is 13.2 Å². The number of para-hydroxylation sites is 1. The molecule has 33 heavy (non-hydrogen) atoms. The van der Waals surface area contributed by atoms with Gasteiger partial charge in [0.25, 0.3) is 11.8 Å².